The quantitative estimate of drug-likeness (QED) is 0.613. The number of pyridine rings is 1. The van der Waals surface area contributed by atoms with Crippen LogP contribution in [0.25, 0.3) is 23.1 Å². The van der Waals surface area contributed by atoms with E-state index in [1.165, 1.54) is 22.0 Å². The molecule has 0 unspecified atom stereocenters. The van der Waals surface area contributed by atoms with E-state index >= 15 is 0 Å². The van der Waals surface area contributed by atoms with Gasteiger partial charge in [0.2, 0.25) is 5.52 Å². The van der Waals surface area contributed by atoms with Crippen molar-refractivity contribution in [1.82, 2.24) is 0 Å². The van der Waals surface area contributed by atoms with E-state index < -0.39 is 0 Å². The summed E-state index contributed by atoms with van der Waals surface area (Å²) in [5.74, 6) is 0. The maximum atomic E-state index is 2.18. The van der Waals surface area contributed by atoms with Crippen LogP contribution in [-0.4, -0.2) is 0 Å². The number of fused-ring (bicyclic) bond motifs is 1. The second-order valence-corrected chi connectivity index (χ2v) is 4.64. The minimum atomic E-state index is 0. The van der Waals surface area contributed by atoms with Crippen molar-refractivity contribution >= 4 is 23.1 Å². The van der Waals surface area contributed by atoms with Gasteiger partial charge in [0.1, 0.15) is 7.05 Å². The average Bonchev–Trinajstić information content (AvgIpc) is 2.48. The lowest BCUT2D eigenvalue weighted by Gasteiger charge is -2.00. The van der Waals surface area contributed by atoms with Crippen molar-refractivity contribution in [3.63, 3.8) is 0 Å². The summed E-state index contributed by atoms with van der Waals surface area (Å²) >= 11 is 0. The molecule has 2 heteroatoms. The zero-order chi connectivity index (χ0) is 13.1. The molecule has 0 aliphatic heterocycles. The Morgan fingerprint density at radius 2 is 1.50 bits per heavy atom. The van der Waals surface area contributed by atoms with Gasteiger partial charge < -0.3 is 12.4 Å². The lowest BCUT2D eigenvalue weighted by Crippen LogP contribution is -3.00. The van der Waals surface area contributed by atoms with Crippen LogP contribution in [0.3, 0.4) is 0 Å². The molecule has 0 atom stereocenters. The molecule has 1 heterocycles. The highest BCUT2D eigenvalue weighted by Crippen LogP contribution is 2.17. The van der Waals surface area contributed by atoms with Crippen molar-refractivity contribution in [3.05, 3.63) is 78.0 Å². The Balaban J connectivity index is 0.00000147. The minimum absolute atomic E-state index is 0. The van der Waals surface area contributed by atoms with Gasteiger partial charge in [0.05, 0.1) is 5.39 Å². The smallest absolute Gasteiger partial charge is 0.212 e. The summed E-state index contributed by atoms with van der Waals surface area (Å²) in [7, 11) is 2.08. The van der Waals surface area contributed by atoms with E-state index in [-0.39, 0.29) is 12.4 Å². The van der Waals surface area contributed by atoms with Crippen LogP contribution in [0.15, 0.2) is 66.9 Å². The molecule has 0 bridgehead atoms. The van der Waals surface area contributed by atoms with Crippen molar-refractivity contribution in [3.8, 4) is 0 Å². The van der Waals surface area contributed by atoms with Gasteiger partial charge in [-0.3, -0.25) is 0 Å². The summed E-state index contributed by atoms with van der Waals surface area (Å²) in [5.41, 5.74) is 3.72. The largest absolute Gasteiger partial charge is 1.00 e. The third-order valence-electron chi connectivity index (χ3n) is 3.33. The number of aromatic nitrogens is 1. The predicted octanol–water partition coefficient (Wildman–Crippen LogP) is 0.839. The first-order valence-corrected chi connectivity index (χ1v) is 6.45. The van der Waals surface area contributed by atoms with Crippen molar-refractivity contribution in [2.45, 2.75) is 0 Å². The topological polar surface area (TPSA) is 3.88 Å². The van der Waals surface area contributed by atoms with Crippen LogP contribution in [0.4, 0.5) is 0 Å². The summed E-state index contributed by atoms with van der Waals surface area (Å²) in [6.45, 7) is 0. The zero-order valence-electron chi connectivity index (χ0n) is 11.3. The molecule has 1 aromatic heterocycles. The number of hydrogen-bond acceptors (Lipinski definition) is 0. The Hall–Kier alpha value is -2.12. The number of nitrogens with zero attached hydrogens (tertiary/aromatic N) is 1. The number of halogens is 1. The summed E-state index contributed by atoms with van der Waals surface area (Å²) in [6, 6.07) is 21.0. The van der Waals surface area contributed by atoms with Crippen LogP contribution < -0.4 is 17.0 Å². The first-order chi connectivity index (χ1) is 9.34. The van der Waals surface area contributed by atoms with Crippen LogP contribution in [0, 0.1) is 0 Å². The fraction of sp³-hybridized carbons (Fsp3) is 0.0556. The fourth-order valence-corrected chi connectivity index (χ4v) is 2.28. The van der Waals surface area contributed by atoms with Gasteiger partial charge in [0, 0.05) is 12.1 Å². The number of para-hydroxylation sites is 1. The molecule has 3 aromatic rings. The van der Waals surface area contributed by atoms with E-state index in [0.29, 0.717) is 0 Å². The predicted molar refractivity (Wildman–Crippen MR) is 80.5 cm³/mol. The first-order valence-electron chi connectivity index (χ1n) is 6.45. The summed E-state index contributed by atoms with van der Waals surface area (Å²) in [5, 5.41) is 1.28. The lowest BCUT2D eigenvalue weighted by molar-refractivity contribution is -0.644. The maximum absolute atomic E-state index is 2.18. The molecular formula is C18H16ClN. The molecule has 100 valence electrons. The first kappa shape index (κ1) is 14.3. The Labute approximate surface area is 125 Å². The lowest BCUT2D eigenvalue weighted by atomic mass is 10.1. The van der Waals surface area contributed by atoms with E-state index in [1.807, 2.05) is 6.07 Å². The third kappa shape index (κ3) is 2.89. The van der Waals surface area contributed by atoms with Gasteiger partial charge in [-0.25, -0.2) is 4.57 Å². The molecule has 0 aliphatic rings. The molecule has 0 N–H and O–H groups in total. The van der Waals surface area contributed by atoms with Gasteiger partial charge in [-0.05, 0) is 17.2 Å². The number of rotatable bonds is 2. The Morgan fingerprint density at radius 1 is 0.800 bits per heavy atom. The van der Waals surface area contributed by atoms with Gasteiger partial charge in [-0.2, -0.15) is 0 Å². The second-order valence-electron chi connectivity index (χ2n) is 4.64. The van der Waals surface area contributed by atoms with Crippen LogP contribution in [-0.2, 0) is 7.05 Å². The van der Waals surface area contributed by atoms with Gasteiger partial charge in [0.25, 0.3) is 0 Å². The zero-order valence-corrected chi connectivity index (χ0v) is 12.1. The van der Waals surface area contributed by atoms with E-state index in [2.05, 4.69) is 84.6 Å². The minimum Gasteiger partial charge on any atom is -1.00 e. The van der Waals surface area contributed by atoms with Crippen LogP contribution >= 0.6 is 0 Å². The Bertz CT molecular complexity index is 733. The normalized spacial score (nSPS) is 10.7. The number of aryl methyl sites for hydroxylation is 1. The molecule has 0 amide bonds. The molecule has 0 radical (unpaired) electrons. The van der Waals surface area contributed by atoms with Gasteiger partial charge in [-0.15, -0.1) is 0 Å². The van der Waals surface area contributed by atoms with Crippen LogP contribution in [0.2, 0.25) is 0 Å². The molecular weight excluding hydrogens is 266 g/mol. The van der Waals surface area contributed by atoms with Gasteiger partial charge in [-0.1, -0.05) is 54.6 Å². The molecule has 2 aromatic carbocycles. The van der Waals surface area contributed by atoms with Crippen molar-refractivity contribution < 1.29 is 17.0 Å². The molecule has 0 spiro atoms. The Kier molecular flexibility index (Phi) is 4.54. The van der Waals surface area contributed by atoms with E-state index in [1.54, 1.807) is 0 Å². The highest BCUT2D eigenvalue weighted by Gasteiger charge is 2.06. The van der Waals surface area contributed by atoms with Crippen LogP contribution in [0.1, 0.15) is 11.1 Å². The molecule has 0 aliphatic carbocycles. The second kappa shape index (κ2) is 6.36. The third-order valence-corrected chi connectivity index (χ3v) is 3.33. The summed E-state index contributed by atoms with van der Waals surface area (Å²) in [6.07, 6.45) is 6.44. The Morgan fingerprint density at radius 3 is 2.30 bits per heavy atom. The summed E-state index contributed by atoms with van der Waals surface area (Å²) in [4.78, 5) is 0. The molecule has 1 nitrogen and oxygen atoms in total. The van der Waals surface area contributed by atoms with Crippen molar-refractivity contribution in [2.24, 2.45) is 7.05 Å². The fourth-order valence-electron chi connectivity index (χ4n) is 2.28. The highest BCUT2D eigenvalue weighted by molar-refractivity contribution is 5.88. The SMILES string of the molecule is C[n+]1ccc(/C=C/c2ccccc2)c2ccccc21.[Cl-]. The molecule has 0 saturated carbocycles. The molecule has 3 rings (SSSR count). The monoisotopic (exact) mass is 281 g/mol. The van der Waals surface area contributed by atoms with Gasteiger partial charge >= 0.3 is 0 Å². The van der Waals surface area contributed by atoms with Crippen molar-refractivity contribution in [1.29, 1.82) is 0 Å². The van der Waals surface area contributed by atoms with Crippen molar-refractivity contribution in [2.75, 3.05) is 0 Å². The highest BCUT2D eigenvalue weighted by atomic mass is 35.5. The molecule has 0 fully saturated rings. The van der Waals surface area contributed by atoms with E-state index in [9.17, 15) is 0 Å². The number of hydrogen-bond donors (Lipinski definition) is 0. The average molecular weight is 282 g/mol. The number of benzene rings is 2. The van der Waals surface area contributed by atoms with E-state index in [4.69, 9.17) is 0 Å². The maximum Gasteiger partial charge on any atom is 0.212 e. The van der Waals surface area contributed by atoms with Crippen LogP contribution in [0.5, 0.6) is 0 Å². The van der Waals surface area contributed by atoms with Gasteiger partial charge in [0.15, 0.2) is 6.20 Å². The standard InChI is InChI=1S/C18H16N.ClH/c1-19-14-13-16(17-9-5-6-10-18(17)19)12-11-15-7-3-2-4-8-15;/h2-14H,1H3;1H/q+1;/p-1/b12-11+;. The van der Waals surface area contributed by atoms with E-state index in [0.717, 1.165) is 0 Å². The summed E-state index contributed by atoms with van der Waals surface area (Å²) < 4.78 is 2.15. The molecule has 0 saturated heterocycles. The molecule has 20 heavy (non-hydrogen) atoms.